The van der Waals surface area contributed by atoms with E-state index in [-0.39, 0.29) is 5.68 Å². The zero-order valence-electron chi connectivity index (χ0n) is 7.07. The van der Waals surface area contributed by atoms with E-state index in [1.807, 2.05) is 0 Å². The van der Waals surface area contributed by atoms with Gasteiger partial charge in [-0.3, -0.25) is 4.57 Å². The fraction of sp³-hybridized carbons (Fsp3) is 0.500. The van der Waals surface area contributed by atoms with Gasteiger partial charge in [0, 0.05) is 21.1 Å². The number of nitrogens with zero attached hydrogens (tertiary/aromatic N) is 3. The van der Waals surface area contributed by atoms with Crippen molar-refractivity contribution in [3.05, 3.63) is 26.7 Å². The molecule has 0 saturated carbocycles. The lowest BCUT2D eigenvalue weighted by molar-refractivity contribution is 0.338. The molecule has 0 bridgehead atoms. The van der Waals surface area contributed by atoms with Gasteiger partial charge in [0.15, 0.2) is 0 Å². The molecule has 0 N–H and O–H groups in total. The average molecular weight is 171 g/mol. The molecule has 0 aliphatic carbocycles. The van der Waals surface area contributed by atoms with Gasteiger partial charge in [-0.1, -0.05) is 0 Å². The van der Waals surface area contributed by atoms with Crippen molar-refractivity contribution in [1.29, 1.82) is 0 Å². The van der Waals surface area contributed by atoms with Crippen molar-refractivity contribution in [1.82, 2.24) is 9.13 Å². The molecule has 1 aromatic rings. The fourth-order valence-electron chi connectivity index (χ4n) is 0.796. The smallest absolute Gasteiger partial charge is 0.375 e. The maximum atomic E-state index is 11.2. The van der Waals surface area contributed by atoms with E-state index in [0.29, 0.717) is 0 Å². The molecule has 1 rings (SSSR count). The maximum Gasteiger partial charge on any atom is 0.425 e. The Morgan fingerprint density at radius 1 is 1.25 bits per heavy atom. The van der Waals surface area contributed by atoms with Crippen LogP contribution in [0, 0.1) is 0 Å². The second kappa shape index (κ2) is 2.80. The van der Waals surface area contributed by atoms with E-state index in [1.165, 1.54) is 21.1 Å². The standard InChI is InChI=1S/C6H9N3O3/c1-7-4-8(2)5(10)9(3)6(11)12-4/h1-3H3/b7-4-. The van der Waals surface area contributed by atoms with Crippen molar-refractivity contribution >= 4 is 0 Å². The molecule has 6 nitrogen and oxygen atoms in total. The van der Waals surface area contributed by atoms with E-state index in [4.69, 9.17) is 0 Å². The predicted molar refractivity (Wildman–Crippen MR) is 40.7 cm³/mol. The summed E-state index contributed by atoms with van der Waals surface area (Å²) in [7, 11) is 4.26. The highest BCUT2D eigenvalue weighted by molar-refractivity contribution is 4.64. The van der Waals surface area contributed by atoms with Crippen LogP contribution in [0.2, 0.25) is 0 Å². The van der Waals surface area contributed by atoms with Crippen LogP contribution in [0.15, 0.2) is 19.0 Å². The Hall–Kier alpha value is -1.59. The lowest BCUT2D eigenvalue weighted by Gasteiger charge is -1.98. The summed E-state index contributed by atoms with van der Waals surface area (Å²) < 4.78 is 6.70. The van der Waals surface area contributed by atoms with Crippen LogP contribution in [0.5, 0.6) is 0 Å². The van der Waals surface area contributed by atoms with Gasteiger partial charge in [0.05, 0.1) is 0 Å². The zero-order chi connectivity index (χ0) is 9.30. The first-order chi connectivity index (χ1) is 5.57. The quantitative estimate of drug-likeness (QED) is 0.462. The van der Waals surface area contributed by atoms with Crippen molar-refractivity contribution < 1.29 is 4.42 Å². The van der Waals surface area contributed by atoms with E-state index < -0.39 is 11.4 Å². The van der Waals surface area contributed by atoms with Crippen LogP contribution >= 0.6 is 0 Å². The van der Waals surface area contributed by atoms with Gasteiger partial charge in [0.25, 0.3) is 0 Å². The first-order valence-corrected chi connectivity index (χ1v) is 3.28. The summed E-state index contributed by atoms with van der Waals surface area (Å²) in [5.74, 6) is -0.710. The monoisotopic (exact) mass is 171 g/mol. The molecule has 6 heteroatoms. The minimum absolute atomic E-state index is 0.0168. The number of hydrogen-bond donors (Lipinski definition) is 0. The summed E-state index contributed by atoms with van der Waals surface area (Å²) >= 11 is 0. The molecule has 0 atom stereocenters. The van der Waals surface area contributed by atoms with Crippen molar-refractivity contribution in [2.24, 2.45) is 19.1 Å². The van der Waals surface area contributed by atoms with E-state index in [2.05, 4.69) is 9.41 Å². The molecule has 1 heterocycles. The molecule has 0 amide bonds. The third-order valence-corrected chi connectivity index (χ3v) is 1.50. The molecule has 0 aliphatic heterocycles. The van der Waals surface area contributed by atoms with Crippen LogP contribution in [-0.4, -0.2) is 16.2 Å². The molecule has 0 saturated heterocycles. The topological polar surface area (TPSA) is 69.5 Å². The Morgan fingerprint density at radius 3 is 2.33 bits per heavy atom. The van der Waals surface area contributed by atoms with Crippen LogP contribution in [0.3, 0.4) is 0 Å². The summed E-state index contributed by atoms with van der Waals surface area (Å²) in [6, 6.07) is 0. The second-order valence-electron chi connectivity index (χ2n) is 2.27. The Kier molecular flexibility index (Phi) is 1.99. The Morgan fingerprint density at radius 2 is 1.83 bits per heavy atom. The maximum absolute atomic E-state index is 11.2. The average Bonchev–Trinajstić information content (AvgIpc) is 2.08. The lowest BCUT2D eigenvalue weighted by Crippen LogP contribution is -2.44. The van der Waals surface area contributed by atoms with E-state index in [1.54, 1.807) is 0 Å². The van der Waals surface area contributed by atoms with Crippen LogP contribution in [0.25, 0.3) is 0 Å². The Bertz CT molecular complexity index is 462. The minimum Gasteiger partial charge on any atom is -0.375 e. The van der Waals surface area contributed by atoms with Crippen molar-refractivity contribution in [2.75, 3.05) is 7.05 Å². The van der Waals surface area contributed by atoms with Crippen molar-refractivity contribution in [3.8, 4) is 0 Å². The molecule has 0 aliphatic rings. The van der Waals surface area contributed by atoms with Crippen LogP contribution in [0.1, 0.15) is 0 Å². The lowest BCUT2D eigenvalue weighted by atomic mass is 10.9. The van der Waals surface area contributed by atoms with Gasteiger partial charge in [0.1, 0.15) is 0 Å². The summed E-state index contributed by atoms with van der Waals surface area (Å²) in [5.41, 5.74) is -0.435. The minimum atomic E-state index is -0.710. The number of aromatic nitrogens is 2. The van der Waals surface area contributed by atoms with Gasteiger partial charge in [-0.05, 0) is 0 Å². The highest BCUT2D eigenvalue weighted by atomic mass is 16.4. The predicted octanol–water partition coefficient (Wildman–Crippen LogP) is -1.79. The highest BCUT2D eigenvalue weighted by Gasteiger charge is 2.01. The molecule has 0 fully saturated rings. The number of hydrogen-bond acceptors (Lipinski definition) is 4. The summed E-state index contributed by atoms with van der Waals surface area (Å²) in [5, 5.41) is 0. The molecule has 0 spiro atoms. The number of rotatable bonds is 0. The summed E-state index contributed by atoms with van der Waals surface area (Å²) in [6.07, 6.45) is 0. The Balaban J connectivity index is 3.87. The molecule has 1 aromatic heterocycles. The van der Waals surface area contributed by atoms with Crippen LogP contribution in [0.4, 0.5) is 0 Å². The van der Waals surface area contributed by atoms with E-state index in [9.17, 15) is 9.59 Å². The van der Waals surface area contributed by atoms with E-state index in [0.717, 1.165) is 9.13 Å². The Labute approximate surface area is 67.4 Å². The van der Waals surface area contributed by atoms with Gasteiger partial charge in [0.2, 0.25) is 0 Å². The van der Waals surface area contributed by atoms with Crippen LogP contribution < -0.4 is 17.1 Å². The molecule has 0 aromatic carbocycles. The second-order valence-corrected chi connectivity index (χ2v) is 2.27. The first-order valence-electron chi connectivity index (χ1n) is 3.28. The van der Waals surface area contributed by atoms with E-state index >= 15 is 0 Å². The molecule has 66 valence electrons. The fourth-order valence-corrected chi connectivity index (χ4v) is 0.796. The van der Waals surface area contributed by atoms with Gasteiger partial charge < -0.3 is 4.42 Å². The first kappa shape index (κ1) is 8.51. The van der Waals surface area contributed by atoms with Gasteiger partial charge in [-0.15, -0.1) is 0 Å². The van der Waals surface area contributed by atoms with Crippen LogP contribution in [-0.2, 0) is 14.1 Å². The summed E-state index contributed by atoms with van der Waals surface area (Å²) in [4.78, 5) is 25.7. The SMILES string of the molecule is C/N=c1\oc(=O)n(C)c(=O)n1C. The molecular weight excluding hydrogens is 162 g/mol. The van der Waals surface area contributed by atoms with Crippen molar-refractivity contribution in [2.45, 2.75) is 0 Å². The third kappa shape index (κ3) is 1.11. The van der Waals surface area contributed by atoms with Gasteiger partial charge >= 0.3 is 17.1 Å². The molecule has 0 radical (unpaired) electrons. The summed E-state index contributed by atoms with van der Waals surface area (Å²) in [6.45, 7) is 0. The largest absolute Gasteiger partial charge is 0.425 e. The molecule has 12 heavy (non-hydrogen) atoms. The highest BCUT2D eigenvalue weighted by Crippen LogP contribution is 1.59. The normalized spacial score (nSPS) is 12.1. The van der Waals surface area contributed by atoms with Crippen molar-refractivity contribution in [3.63, 3.8) is 0 Å². The van der Waals surface area contributed by atoms with Gasteiger partial charge in [-0.2, -0.15) is 0 Å². The molecule has 0 unspecified atom stereocenters. The van der Waals surface area contributed by atoms with Gasteiger partial charge in [-0.25, -0.2) is 19.1 Å². The third-order valence-electron chi connectivity index (χ3n) is 1.50. The molecular formula is C6H9N3O3. The zero-order valence-corrected chi connectivity index (χ0v) is 7.07.